The van der Waals surface area contributed by atoms with Crippen LogP contribution in [-0.4, -0.2) is 5.88 Å². The fourth-order valence-electron chi connectivity index (χ4n) is 2.07. The molecule has 17 heavy (non-hydrogen) atoms. The lowest BCUT2D eigenvalue weighted by Crippen LogP contribution is -2.09. The first-order valence-corrected chi connectivity index (χ1v) is 7.33. The molecule has 0 saturated heterocycles. The normalized spacial score (nSPS) is 12.6. The topological polar surface area (TPSA) is 0 Å². The lowest BCUT2D eigenvalue weighted by atomic mass is 9.96. The van der Waals surface area contributed by atoms with Gasteiger partial charge in [-0.25, -0.2) is 0 Å². The summed E-state index contributed by atoms with van der Waals surface area (Å²) in [5.74, 6) is 1.27. The Balaban J connectivity index is 2.00. The number of thiophene rings is 1. The van der Waals surface area contributed by atoms with Gasteiger partial charge in [0.05, 0.1) is 0 Å². The maximum absolute atomic E-state index is 6.08. The Morgan fingerprint density at radius 2 is 2.06 bits per heavy atom. The van der Waals surface area contributed by atoms with Crippen LogP contribution in [-0.2, 0) is 12.8 Å². The zero-order valence-corrected chi connectivity index (χ0v) is 11.6. The fraction of sp³-hybridized carbons (Fsp3) is 0.333. The molecule has 0 nitrogen and oxygen atoms in total. The van der Waals surface area contributed by atoms with E-state index in [0.29, 0.717) is 5.92 Å². The molecule has 0 saturated carbocycles. The Kier molecular flexibility index (Phi) is 4.64. The molecular weight excluding hydrogens is 248 g/mol. The summed E-state index contributed by atoms with van der Waals surface area (Å²) in [4.78, 5) is 1.43. The standard InChI is InChI=1S/C15H17ClS/c1-12-4-2-5-13(8-12)9-14(11-16)10-15-6-3-7-17-15/h2-8,14H,9-11H2,1H3. The highest BCUT2D eigenvalue weighted by Crippen LogP contribution is 2.19. The lowest BCUT2D eigenvalue weighted by molar-refractivity contribution is 0.589. The lowest BCUT2D eigenvalue weighted by Gasteiger charge is -2.13. The monoisotopic (exact) mass is 264 g/mol. The largest absolute Gasteiger partial charge is 0.149 e. The van der Waals surface area contributed by atoms with Gasteiger partial charge in [-0.2, -0.15) is 0 Å². The molecule has 0 aliphatic rings. The van der Waals surface area contributed by atoms with Crippen molar-refractivity contribution in [3.63, 3.8) is 0 Å². The van der Waals surface area contributed by atoms with Crippen molar-refractivity contribution in [2.24, 2.45) is 5.92 Å². The van der Waals surface area contributed by atoms with Gasteiger partial charge in [0.1, 0.15) is 0 Å². The van der Waals surface area contributed by atoms with Gasteiger partial charge in [-0.15, -0.1) is 22.9 Å². The average molecular weight is 265 g/mol. The molecule has 2 rings (SSSR count). The van der Waals surface area contributed by atoms with Crippen LogP contribution < -0.4 is 0 Å². The Morgan fingerprint density at radius 3 is 2.71 bits per heavy atom. The molecule has 1 atom stereocenters. The van der Waals surface area contributed by atoms with Crippen molar-refractivity contribution in [1.82, 2.24) is 0 Å². The van der Waals surface area contributed by atoms with E-state index in [-0.39, 0.29) is 0 Å². The van der Waals surface area contributed by atoms with Crippen LogP contribution in [0.2, 0.25) is 0 Å². The summed E-state index contributed by atoms with van der Waals surface area (Å²) in [6.07, 6.45) is 2.16. The second-order valence-electron chi connectivity index (χ2n) is 4.50. The van der Waals surface area contributed by atoms with Gasteiger partial charge in [-0.1, -0.05) is 35.9 Å². The van der Waals surface area contributed by atoms with Crippen LogP contribution in [0.5, 0.6) is 0 Å². The first kappa shape index (κ1) is 12.7. The highest BCUT2D eigenvalue weighted by atomic mass is 35.5. The molecule has 2 aromatic rings. The minimum Gasteiger partial charge on any atom is -0.149 e. The number of hydrogen-bond acceptors (Lipinski definition) is 1. The molecule has 0 radical (unpaired) electrons. The van der Waals surface area contributed by atoms with E-state index in [1.165, 1.54) is 16.0 Å². The van der Waals surface area contributed by atoms with Crippen molar-refractivity contribution in [2.75, 3.05) is 5.88 Å². The molecule has 2 heteroatoms. The molecular formula is C15H17ClS. The van der Waals surface area contributed by atoms with Crippen molar-refractivity contribution in [2.45, 2.75) is 19.8 Å². The molecule has 0 aliphatic carbocycles. The van der Waals surface area contributed by atoms with Crippen LogP contribution >= 0.6 is 22.9 Å². The smallest absolute Gasteiger partial charge is 0.0258 e. The first-order chi connectivity index (χ1) is 8.28. The highest BCUT2D eigenvalue weighted by molar-refractivity contribution is 7.09. The van der Waals surface area contributed by atoms with E-state index in [0.717, 1.165) is 18.7 Å². The Hall–Kier alpha value is -0.790. The van der Waals surface area contributed by atoms with Crippen molar-refractivity contribution < 1.29 is 0 Å². The average Bonchev–Trinajstić information content (AvgIpc) is 2.81. The summed E-state index contributed by atoms with van der Waals surface area (Å²) in [5.41, 5.74) is 2.72. The molecule has 0 fully saturated rings. The van der Waals surface area contributed by atoms with Crippen LogP contribution in [0.4, 0.5) is 0 Å². The third-order valence-electron chi connectivity index (χ3n) is 2.90. The number of benzene rings is 1. The number of aryl methyl sites for hydroxylation is 1. The third kappa shape index (κ3) is 3.86. The van der Waals surface area contributed by atoms with E-state index in [4.69, 9.17) is 11.6 Å². The molecule has 1 aromatic carbocycles. The molecule has 0 spiro atoms. The van der Waals surface area contributed by atoms with Crippen molar-refractivity contribution in [3.05, 3.63) is 57.8 Å². The predicted octanol–water partition coefficient (Wildman–Crippen LogP) is 4.70. The number of alkyl halides is 1. The zero-order chi connectivity index (χ0) is 12.1. The summed E-state index contributed by atoms with van der Waals surface area (Å²) in [6.45, 7) is 2.14. The van der Waals surface area contributed by atoms with Gasteiger partial charge in [0.2, 0.25) is 0 Å². The quantitative estimate of drug-likeness (QED) is 0.687. The van der Waals surface area contributed by atoms with E-state index in [1.54, 1.807) is 0 Å². The van der Waals surface area contributed by atoms with E-state index in [1.807, 2.05) is 11.3 Å². The Labute approximate surface area is 112 Å². The Bertz CT molecular complexity index is 448. The molecule has 0 amide bonds. The van der Waals surface area contributed by atoms with Gasteiger partial charge < -0.3 is 0 Å². The zero-order valence-electron chi connectivity index (χ0n) is 10.0. The van der Waals surface area contributed by atoms with E-state index in [9.17, 15) is 0 Å². The molecule has 1 unspecified atom stereocenters. The molecule has 90 valence electrons. The van der Waals surface area contributed by atoms with Gasteiger partial charge in [0, 0.05) is 10.8 Å². The van der Waals surface area contributed by atoms with Crippen LogP contribution in [0.15, 0.2) is 41.8 Å². The molecule has 1 aromatic heterocycles. The van der Waals surface area contributed by atoms with Gasteiger partial charge >= 0.3 is 0 Å². The van der Waals surface area contributed by atoms with Gasteiger partial charge in [-0.3, -0.25) is 0 Å². The SMILES string of the molecule is Cc1cccc(CC(CCl)Cc2cccs2)c1. The maximum atomic E-state index is 6.08. The summed E-state index contributed by atoms with van der Waals surface area (Å²) in [7, 11) is 0. The minimum atomic E-state index is 0.539. The summed E-state index contributed by atoms with van der Waals surface area (Å²) >= 11 is 7.90. The first-order valence-electron chi connectivity index (χ1n) is 5.92. The van der Waals surface area contributed by atoms with E-state index in [2.05, 4.69) is 48.7 Å². The summed E-state index contributed by atoms with van der Waals surface area (Å²) in [5, 5.41) is 2.13. The van der Waals surface area contributed by atoms with Crippen molar-refractivity contribution >= 4 is 22.9 Å². The number of rotatable bonds is 5. The van der Waals surface area contributed by atoms with Gasteiger partial charge in [-0.05, 0) is 42.7 Å². The summed E-state index contributed by atoms with van der Waals surface area (Å²) < 4.78 is 0. The molecule has 0 aliphatic heterocycles. The highest BCUT2D eigenvalue weighted by Gasteiger charge is 2.10. The molecule has 0 bridgehead atoms. The maximum Gasteiger partial charge on any atom is 0.0258 e. The minimum absolute atomic E-state index is 0.539. The van der Waals surface area contributed by atoms with Crippen LogP contribution in [0.3, 0.4) is 0 Å². The molecule has 0 N–H and O–H groups in total. The third-order valence-corrected chi connectivity index (χ3v) is 4.23. The van der Waals surface area contributed by atoms with Gasteiger partial charge in [0.25, 0.3) is 0 Å². The summed E-state index contributed by atoms with van der Waals surface area (Å²) in [6, 6.07) is 13.0. The van der Waals surface area contributed by atoms with Crippen LogP contribution in [0.1, 0.15) is 16.0 Å². The molecule has 1 heterocycles. The van der Waals surface area contributed by atoms with E-state index >= 15 is 0 Å². The fourth-order valence-corrected chi connectivity index (χ4v) is 3.11. The van der Waals surface area contributed by atoms with Crippen LogP contribution in [0, 0.1) is 12.8 Å². The van der Waals surface area contributed by atoms with Crippen molar-refractivity contribution in [3.8, 4) is 0 Å². The predicted molar refractivity (Wildman–Crippen MR) is 77.1 cm³/mol. The number of halogens is 1. The van der Waals surface area contributed by atoms with Gasteiger partial charge in [0.15, 0.2) is 0 Å². The Morgan fingerprint density at radius 1 is 1.18 bits per heavy atom. The number of hydrogen-bond donors (Lipinski definition) is 0. The second-order valence-corrected chi connectivity index (χ2v) is 5.84. The van der Waals surface area contributed by atoms with Crippen LogP contribution in [0.25, 0.3) is 0 Å². The second kappa shape index (κ2) is 6.23. The van der Waals surface area contributed by atoms with E-state index < -0.39 is 0 Å². The van der Waals surface area contributed by atoms with Crippen molar-refractivity contribution in [1.29, 1.82) is 0 Å².